The van der Waals surface area contributed by atoms with Crippen molar-refractivity contribution in [1.29, 1.82) is 0 Å². The molecular formula is C11H9F5N2O. The molecule has 0 aliphatic heterocycles. The molecule has 0 saturated heterocycles. The monoisotopic (exact) mass is 280 g/mol. The molecule has 0 aromatic heterocycles. The largest absolute Gasteiger partial charge is 0.329 e. The fourth-order valence-corrected chi connectivity index (χ4v) is 1.64. The molecule has 1 aromatic carbocycles. The van der Waals surface area contributed by atoms with Gasteiger partial charge in [0.15, 0.2) is 23.3 Å². The Bertz CT molecular complexity index is 528. The fourth-order valence-electron chi connectivity index (χ4n) is 1.64. The lowest BCUT2D eigenvalue weighted by atomic mass is 10.1. The highest BCUT2D eigenvalue weighted by molar-refractivity contribution is 5.97. The van der Waals surface area contributed by atoms with Crippen LogP contribution < -0.4 is 11.1 Å². The van der Waals surface area contributed by atoms with E-state index in [1.165, 1.54) is 0 Å². The van der Waals surface area contributed by atoms with Crippen molar-refractivity contribution >= 4 is 11.6 Å². The molecule has 0 unspecified atom stereocenters. The molecule has 0 heterocycles. The summed E-state index contributed by atoms with van der Waals surface area (Å²) in [4.78, 5) is 11.7. The molecule has 1 saturated carbocycles. The topological polar surface area (TPSA) is 55.1 Å². The maximum atomic E-state index is 13.3. The van der Waals surface area contributed by atoms with E-state index in [4.69, 9.17) is 5.73 Å². The first kappa shape index (κ1) is 13.7. The highest BCUT2D eigenvalue weighted by Gasteiger charge is 2.49. The number of anilines is 1. The molecule has 3 N–H and O–H groups in total. The molecule has 0 spiro atoms. The molecule has 1 aliphatic rings. The second kappa shape index (κ2) is 4.44. The molecule has 8 heteroatoms. The molecule has 0 atom stereocenters. The second-order valence-corrected chi connectivity index (χ2v) is 4.38. The number of amides is 1. The summed E-state index contributed by atoms with van der Waals surface area (Å²) >= 11 is 0. The van der Waals surface area contributed by atoms with Gasteiger partial charge in [-0.25, -0.2) is 22.0 Å². The van der Waals surface area contributed by atoms with E-state index in [2.05, 4.69) is 0 Å². The summed E-state index contributed by atoms with van der Waals surface area (Å²) in [6.07, 6.45) is 0.815. The van der Waals surface area contributed by atoms with Crippen LogP contribution in [0.3, 0.4) is 0 Å². The van der Waals surface area contributed by atoms with Gasteiger partial charge in [-0.3, -0.25) is 4.79 Å². The van der Waals surface area contributed by atoms with E-state index in [0.29, 0.717) is 12.8 Å². The summed E-state index contributed by atoms with van der Waals surface area (Å²) < 4.78 is 65.2. The Balaban J connectivity index is 2.39. The van der Waals surface area contributed by atoms with Crippen LogP contribution in [-0.4, -0.2) is 12.5 Å². The molecule has 104 valence electrons. The quantitative estimate of drug-likeness (QED) is 0.506. The highest BCUT2D eigenvalue weighted by Crippen LogP contribution is 2.45. The number of nitrogens with one attached hydrogen (secondary N) is 1. The second-order valence-electron chi connectivity index (χ2n) is 4.38. The first-order chi connectivity index (χ1) is 8.84. The average Bonchev–Trinajstić information content (AvgIpc) is 3.20. The number of hydrogen-bond donors (Lipinski definition) is 2. The number of hydrogen-bond acceptors (Lipinski definition) is 2. The van der Waals surface area contributed by atoms with Crippen molar-refractivity contribution in [3.8, 4) is 0 Å². The van der Waals surface area contributed by atoms with E-state index >= 15 is 0 Å². The number of benzene rings is 1. The summed E-state index contributed by atoms with van der Waals surface area (Å²) in [6.45, 7) is -0.0613. The minimum atomic E-state index is -2.27. The maximum absolute atomic E-state index is 13.3. The van der Waals surface area contributed by atoms with Crippen molar-refractivity contribution in [3.05, 3.63) is 29.1 Å². The summed E-state index contributed by atoms with van der Waals surface area (Å²) in [5.41, 5.74) is 3.01. The van der Waals surface area contributed by atoms with Crippen molar-refractivity contribution in [2.75, 3.05) is 11.9 Å². The van der Waals surface area contributed by atoms with Gasteiger partial charge < -0.3 is 11.1 Å². The van der Waals surface area contributed by atoms with Crippen molar-refractivity contribution in [2.24, 2.45) is 11.1 Å². The van der Waals surface area contributed by atoms with Gasteiger partial charge in [-0.15, -0.1) is 0 Å². The number of carbonyl (C=O) groups is 1. The molecule has 0 radical (unpaired) electrons. The van der Waals surface area contributed by atoms with Gasteiger partial charge in [-0.1, -0.05) is 0 Å². The SMILES string of the molecule is NCC1(C(=O)Nc2c(F)c(F)c(F)c(F)c2F)CC1. The average molecular weight is 280 g/mol. The zero-order chi connectivity index (χ0) is 14.4. The molecule has 1 fully saturated rings. The van der Waals surface area contributed by atoms with Gasteiger partial charge in [0.05, 0.1) is 5.41 Å². The van der Waals surface area contributed by atoms with E-state index in [1.807, 2.05) is 0 Å². The Morgan fingerprint density at radius 3 is 1.79 bits per heavy atom. The van der Waals surface area contributed by atoms with Crippen molar-refractivity contribution in [1.82, 2.24) is 0 Å². The highest BCUT2D eigenvalue weighted by atomic mass is 19.2. The van der Waals surface area contributed by atoms with Crippen molar-refractivity contribution in [2.45, 2.75) is 12.8 Å². The standard InChI is InChI=1S/C11H9F5N2O/c12-4-5(13)7(15)9(8(16)6(4)14)18-10(19)11(3-17)1-2-11/h1-3,17H2,(H,18,19). The molecule has 1 aromatic rings. The normalized spacial score (nSPS) is 16.3. The van der Waals surface area contributed by atoms with Crippen LogP contribution in [0.25, 0.3) is 0 Å². The molecule has 1 aliphatic carbocycles. The number of halogens is 5. The third kappa shape index (κ3) is 2.05. The van der Waals surface area contributed by atoms with Crippen molar-refractivity contribution in [3.63, 3.8) is 0 Å². The number of rotatable bonds is 3. The Morgan fingerprint density at radius 1 is 1.00 bits per heavy atom. The molecule has 3 nitrogen and oxygen atoms in total. The Morgan fingerprint density at radius 2 is 1.42 bits per heavy atom. The van der Waals surface area contributed by atoms with Crippen LogP contribution >= 0.6 is 0 Å². The number of carbonyl (C=O) groups excluding carboxylic acids is 1. The lowest BCUT2D eigenvalue weighted by molar-refractivity contribution is -0.120. The van der Waals surface area contributed by atoms with Gasteiger partial charge in [0.25, 0.3) is 0 Å². The van der Waals surface area contributed by atoms with Crippen molar-refractivity contribution < 1.29 is 26.7 Å². The molecule has 1 amide bonds. The van der Waals surface area contributed by atoms with Crippen LogP contribution in [0.15, 0.2) is 0 Å². The maximum Gasteiger partial charge on any atom is 0.232 e. The molecule has 19 heavy (non-hydrogen) atoms. The zero-order valence-electron chi connectivity index (χ0n) is 9.50. The third-order valence-corrected chi connectivity index (χ3v) is 3.17. The van der Waals surface area contributed by atoms with Crippen LogP contribution in [0.1, 0.15) is 12.8 Å². The van der Waals surface area contributed by atoms with E-state index in [1.54, 1.807) is 5.32 Å². The van der Waals surface area contributed by atoms with Crippen LogP contribution in [0.4, 0.5) is 27.6 Å². The summed E-state index contributed by atoms with van der Waals surface area (Å²) in [5.74, 6) is -11.5. The zero-order valence-corrected chi connectivity index (χ0v) is 9.50. The Hall–Kier alpha value is -1.70. The van der Waals surface area contributed by atoms with E-state index in [-0.39, 0.29) is 6.54 Å². The minimum Gasteiger partial charge on any atom is -0.329 e. The lowest BCUT2D eigenvalue weighted by Gasteiger charge is -2.14. The molecular weight excluding hydrogens is 271 g/mol. The predicted molar refractivity (Wildman–Crippen MR) is 55.6 cm³/mol. The van der Waals surface area contributed by atoms with Gasteiger partial charge in [-0.2, -0.15) is 0 Å². The van der Waals surface area contributed by atoms with Crippen LogP contribution in [0.2, 0.25) is 0 Å². The Labute approximate surface area is 104 Å². The van der Waals surface area contributed by atoms with Gasteiger partial charge in [0.2, 0.25) is 11.7 Å². The predicted octanol–water partition coefficient (Wildman–Crippen LogP) is 2.06. The van der Waals surface area contributed by atoms with Crippen LogP contribution in [0, 0.1) is 34.5 Å². The first-order valence-electron chi connectivity index (χ1n) is 5.37. The number of nitrogens with two attached hydrogens (primary N) is 1. The van der Waals surface area contributed by atoms with E-state index in [0.717, 1.165) is 0 Å². The molecule has 0 bridgehead atoms. The van der Waals surface area contributed by atoms with Gasteiger partial charge in [-0.05, 0) is 12.8 Å². The van der Waals surface area contributed by atoms with E-state index < -0.39 is 46.1 Å². The summed E-state index contributed by atoms with van der Waals surface area (Å²) in [5, 5.41) is 1.73. The van der Waals surface area contributed by atoms with Crippen LogP contribution in [0.5, 0.6) is 0 Å². The van der Waals surface area contributed by atoms with E-state index in [9.17, 15) is 26.7 Å². The van der Waals surface area contributed by atoms with Gasteiger partial charge >= 0.3 is 0 Å². The minimum absolute atomic E-state index is 0.0613. The Kier molecular flexibility index (Phi) is 3.21. The first-order valence-corrected chi connectivity index (χ1v) is 5.37. The fraction of sp³-hybridized carbons (Fsp3) is 0.364. The smallest absolute Gasteiger partial charge is 0.232 e. The summed E-state index contributed by atoms with van der Waals surface area (Å²) in [7, 11) is 0. The van der Waals surface area contributed by atoms with Crippen LogP contribution in [-0.2, 0) is 4.79 Å². The summed E-state index contributed by atoms with van der Waals surface area (Å²) in [6, 6.07) is 0. The molecule has 2 rings (SSSR count). The lowest BCUT2D eigenvalue weighted by Crippen LogP contribution is -2.31. The third-order valence-electron chi connectivity index (χ3n) is 3.17. The van der Waals surface area contributed by atoms with Gasteiger partial charge in [0.1, 0.15) is 5.69 Å². The van der Waals surface area contributed by atoms with Gasteiger partial charge in [0, 0.05) is 6.54 Å².